The Morgan fingerprint density at radius 1 is 1.47 bits per heavy atom. The van der Waals surface area contributed by atoms with Gasteiger partial charge >= 0.3 is 0 Å². The summed E-state index contributed by atoms with van der Waals surface area (Å²) in [7, 11) is 0.780. The van der Waals surface area contributed by atoms with Gasteiger partial charge in [-0.25, -0.2) is 17.2 Å². The van der Waals surface area contributed by atoms with E-state index in [0.717, 1.165) is 6.07 Å². The quantitative estimate of drug-likeness (QED) is 0.847. The second-order valence-electron chi connectivity index (χ2n) is 2.46. The fourth-order valence-electron chi connectivity index (χ4n) is 0.851. The molecule has 0 spiro atoms. The number of hydrogen-bond acceptors (Lipinski definition) is 3. The molecule has 1 N–H and O–H groups in total. The average molecular weight is 323 g/mol. The molecule has 0 fully saturated rings. The van der Waals surface area contributed by atoms with Crippen molar-refractivity contribution in [1.29, 1.82) is 0 Å². The Balaban J connectivity index is 3.53. The summed E-state index contributed by atoms with van der Waals surface area (Å²) in [5.41, 5.74) is -2.03. The van der Waals surface area contributed by atoms with Crippen LogP contribution in [-0.4, -0.2) is 13.4 Å². The van der Waals surface area contributed by atoms with E-state index in [0.29, 0.717) is 0 Å². The number of pyridine rings is 1. The molecular formula is C6H3BrClF2NO3S. The Hall–Kier alpha value is -0.470. The molecule has 84 valence electrons. The van der Waals surface area contributed by atoms with Crippen LogP contribution in [0, 0.1) is 0 Å². The van der Waals surface area contributed by atoms with E-state index in [1.807, 2.05) is 0 Å². The van der Waals surface area contributed by atoms with Gasteiger partial charge in [-0.2, -0.15) is 0 Å². The molecular weight excluding hydrogens is 319 g/mol. The highest BCUT2D eigenvalue weighted by Crippen LogP contribution is 2.25. The standard InChI is InChI=1S/C6H3BrClF2NO3S/c7-2-1-3(15(8,13)14)11-6(12)4(2)5(9)10/h1,5H,(H,11,12). The molecule has 0 aliphatic rings. The van der Waals surface area contributed by atoms with Crippen molar-refractivity contribution in [2.75, 3.05) is 0 Å². The van der Waals surface area contributed by atoms with Gasteiger partial charge in [-0.15, -0.1) is 0 Å². The highest BCUT2D eigenvalue weighted by atomic mass is 79.9. The molecule has 0 radical (unpaired) electrons. The zero-order valence-electron chi connectivity index (χ0n) is 6.80. The molecule has 0 atom stereocenters. The summed E-state index contributed by atoms with van der Waals surface area (Å²) in [6, 6.07) is 0.811. The zero-order chi connectivity index (χ0) is 11.8. The van der Waals surface area contributed by atoms with Crippen LogP contribution in [0.3, 0.4) is 0 Å². The van der Waals surface area contributed by atoms with Crippen LogP contribution in [0.5, 0.6) is 0 Å². The van der Waals surface area contributed by atoms with Crippen molar-refractivity contribution in [1.82, 2.24) is 4.98 Å². The van der Waals surface area contributed by atoms with E-state index >= 15 is 0 Å². The third-order valence-corrected chi connectivity index (χ3v) is 3.38. The van der Waals surface area contributed by atoms with E-state index in [1.54, 1.807) is 4.98 Å². The highest BCUT2D eigenvalue weighted by Gasteiger charge is 2.20. The minimum absolute atomic E-state index is 0.305. The van der Waals surface area contributed by atoms with E-state index in [4.69, 9.17) is 10.7 Å². The zero-order valence-corrected chi connectivity index (χ0v) is 9.96. The van der Waals surface area contributed by atoms with Crippen molar-refractivity contribution in [2.45, 2.75) is 11.5 Å². The molecule has 0 unspecified atom stereocenters. The number of alkyl halides is 2. The molecule has 1 aromatic rings. The molecule has 1 aromatic heterocycles. The van der Waals surface area contributed by atoms with Crippen molar-refractivity contribution in [3.05, 3.63) is 26.5 Å². The summed E-state index contributed by atoms with van der Waals surface area (Å²) < 4.78 is 45.9. The third kappa shape index (κ3) is 2.76. The summed E-state index contributed by atoms with van der Waals surface area (Å²) in [5.74, 6) is 0. The van der Waals surface area contributed by atoms with E-state index in [1.165, 1.54) is 0 Å². The van der Waals surface area contributed by atoms with Gasteiger partial charge in [0.25, 0.3) is 21.0 Å². The first-order chi connectivity index (χ1) is 6.73. The van der Waals surface area contributed by atoms with Gasteiger partial charge in [0.2, 0.25) is 0 Å². The molecule has 0 bridgehead atoms. The van der Waals surface area contributed by atoms with Crippen LogP contribution >= 0.6 is 26.6 Å². The lowest BCUT2D eigenvalue weighted by Crippen LogP contribution is -2.16. The summed E-state index contributed by atoms with van der Waals surface area (Å²) >= 11 is 2.67. The average Bonchev–Trinajstić information content (AvgIpc) is 1.99. The molecule has 1 rings (SSSR count). The van der Waals surface area contributed by atoms with Crippen LogP contribution in [-0.2, 0) is 9.05 Å². The number of halogens is 4. The largest absolute Gasteiger partial charge is 0.311 e. The number of rotatable bonds is 2. The van der Waals surface area contributed by atoms with Crippen molar-refractivity contribution >= 4 is 35.7 Å². The van der Waals surface area contributed by atoms with Crippen LogP contribution in [0.4, 0.5) is 8.78 Å². The lowest BCUT2D eigenvalue weighted by molar-refractivity contribution is 0.148. The lowest BCUT2D eigenvalue weighted by atomic mass is 10.3. The van der Waals surface area contributed by atoms with Crippen molar-refractivity contribution < 1.29 is 17.2 Å². The van der Waals surface area contributed by atoms with Gasteiger partial charge in [-0.05, 0) is 22.0 Å². The fraction of sp³-hybridized carbons (Fsp3) is 0.167. The van der Waals surface area contributed by atoms with Gasteiger partial charge in [-0.3, -0.25) is 4.79 Å². The number of H-pyrrole nitrogens is 1. The Bertz CT molecular complexity index is 542. The van der Waals surface area contributed by atoms with Gasteiger partial charge in [0.05, 0.1) is 5.56 Å². The SMILES string of the molecule is O=c1[nH]c(S(=O)(=O)Cl)cc(Br)c1C(F)F. The lowest BCUT2D eigenvalue weighted by Gasteiger charge is -2.03. The number of nitrogens with one attached hydrogen (secondary N) is 1. The number of aromatic nitrogens is 1. The highest BCUT2D eigenvalue weighted by molar-refractivity contribution is 9.10. The van der Waals surface area contributed by atoms with Crippen LogP contribution < -0.4 is 5.56 Å². The predicted octanol–water partition coefficient (Wildman–Crippen LogP) is 2.00. The molecule has 0 saturated heterocycles. The Kier molecular flexibility index (Phi) is 3.51. The number of hydrogen-bond donors (Lipinski definition) is 1. The van der Waals surface area contributed by atoms with Crippen LogP contribution in [0.2, 0.25) is 0 Å². The smallest absolute Gasteiger partial charge is 0.276 e. The maximum absolute atomic E-state index is 12.3. The van der Waals surface area contributed by atoms with E-state index in [9.17, 15) is 22.0 Å². The maximum Gasteiger partial charge on any atom is 0.276 e. The molecule has 15 heavy (non-hydrogen) atoms. The van der Waals surface area contributed by atoms with Crippen LogP contribution in [0.15, 0.2) is 20.4 Å². The summed E-state index contributed by atoms with van der Waals surface area (Å²) in [6.45, 7) is 0. The molecule has 0 saturated carbocycles. The van der Waals surface area contributed by atoms with Gasteiger partial charge in [0.15, 0.2) is 5.03 Å². The summed E-state index contributed by atoms with van der Waals surface area (Å²) in [6.07, 6.45) is -3.00. The molecule has 0 amide bonds. The van der Waals surface area contributed by atoms with E-state index < -0.39 is 31.6 Å². The third-order valence-electron chi connectivity index (χ3n) is 1.48. The van der Waals surface area contributed by atoms with E-state index in [2.05, 4.69) is 15.9 Å². The topological polar surface area (TPSA) is 67.0 Å². The number of aromatic amines is 1. The first kappa shape index (κ1) is 12.6. The Morgan fingerprint density at radius 2 is 2.00 bits per heavy atom. The first-order valence-corrected chi connectivity index (χ1v) is 6.49. The van der Waals surface area contributed by atoms with Gasteiger partial charge < -0.3 is 4.98 Å². The molecule has 4 nitrogen and oxygen atoms in total. The summed E-state index contributed by atoms with van der Waals surface area (Å²) in [4.78, 5) is 12.8. The maximum atomic E-state index is 12.3. The predicted molar refractivity (Wildman–Crippen MR) is 52.8 cm³/mol. The van der Waals surface area contributed by atoms with Crippen molar-refractivity contribution in [2.24, 2.45) is 0 Å². The molecule has 9 heteroatoms. The Labute approximate surface area is 95.8 Å². The van der Waals surface area contributed by atoms with Gasteiger partial charge in [0.1, 0.15) is 0 Å². The van der Waals surface area contributed by atoms with Gasteiger partial charge in [-0.1, -0.05) is 0 Å². The van der Waals surface area contributed by atoms with E-state index in [-0.39, 0.29) is 4.47 Å². The molecule has 0 aliphatic heterocycles. The van der Waals surface area contributed by atoms with Crippen molar-refractivity contribution in [3.63, 3.8) is 0 Å². The molecule has 0 aliphatic carbocycles. The van der Waals surface area contributed by atoms with Crippen LogP contribution in [0.25, 0.3) is 0 Å². The monoisotopic (exact) mass is 321 g/mol. The van der Waals surface area contributed by atoms with Crippen LogP contribution in [0.1, 0.15) is 12.0 Å². The second kappa shape index (κ2) is 4.18. The molecule has 1 heterocycles. The van der Waals surface area contributed by atoms with Gasteiger partial charge in [0, 0.05) is 15.2 Å². The Morgan fingerprint density at radius 3 is 2.33 bits per heavy atom. The van der Waals surface area contributed by atoms with Crippen molar-refractivity contribution in [3.8, 4) is 0 Å². The fourth-order valence-corrected chi connectivity index (χ4v) is 2.31. The minimum Gasteiger partial charge on any atom is -0.311 e. The first-order valence-electron chi connectivity index (χ1n) is 3.39. The molecule has 0 aromatic carbocycles. The normalized spacial score (nSPS) is 12.1. The summed E-state index contributed by atoms with van der Waals surface area (Å²) in [5, 5.41) is -0.634. The minimum atomic E-state index is -4.15. The second-order valence-corrected chi connectivity index (χ2v) is 5.85.